The van der Waals surface area contributed by atoms with Crippen molar-refractivity contribution in [3.63, 3.8) is 0 Å². The zero-order valence-corrected chi connectivity index (χ0v) is 18.2. The van der Waals surface area contributed by atoms with Gasteiger partial charge in [0.15, 0.2) is 11.5 Å². The molecule has 0 radical (unpaired) electrons. The van der Waals surface area contributed by atoms with Gasteiger partial charge in [-0.05, 0) is 37.6 Å². The standard InChI is InChI=1S/C20H29F3N2O3.C2H6/c1-24-9-11-25(12-10-24)14-16(19(27)7-3-2-4-8-19)15-5-6-17(26)18(13-15)28-20(21,22)23;1-2/h5-6,13,16,26-27H,2-4,7-12,14H2,1H3;1-2H3. The Labute approximate surface area is 177 Å². The molecule has 1 aliphatic carbocycles. The van der Waals surface area contributed by atoms with Crippen molar-refractivity contribution >= 4 is 0 Å². The predicted octanol–water partition coefficient (Wildman–Crippen LogP) is 4.34. The van der Waals surface area contributed by atoms with E-state index in [1.165, 1.54) is 12.1 Å². The second-order valence-corrected chi connectivity index (χ2v) is 8.10. The van der Waals surface area contributed by atoms with Crippen molar-refractivity contribution in [2.24, 2.45) is 0 Å². The number of benzene rings is 1. The van der Waals surface area contributed by atoms with E-state index >= 15 is 0 Å². The van der Waals surface area contributed by atoms with E-state index in [9.17, 15) is 23.4 Å². The van der Waals surface area contributed by atoms with Gasteiger partial charge in [-0.2, -0.15) is 0 Å². The van der Waals surface area contributed by atoms with E-state index in [4.69, 9.17) is 0 Å². The van der Waals surface area contributed by atoms with E-state index < -0.39 is 23.5 Å². The van der Waals surface area contributed by atoms with Crippen molar-refractivity contribution in [2.75, 3.05) is 39.8 Å². The van der Waals surface area contributed by atoms with Crippen LogP contribution in [0.25, 0.3) is 0 Å². The number of aromatic hydroxyl groups is 1. The highest BCUT2D eigenvalue weighted by molar-refractivity contribution is 5.44. The number of likely N-dealkylation sites (N-methyl/N-ethyl adjacent to an activating group) is 1. The molecule has 8 heteroatoms. The number of nitrogens with zero attached hydrogens (tertiary/aromatic N) is 2. The summed E-state index contributed by atoms with van der Waals surface area (Å²) in [5, 5.41) is 21.2. The Morgan fingerprint density at radius 1 is 1.07 bits per heavy atom. The van der Waals surface area contributed by atoms with E-state index in [2.05, 4.69) is 21.6 Å². The number of ether oxygens (including phenoxy) is 1. The van der Waals surface area contributed by atoms with Crippen molar-refractivity contribution in [3.05, 3.63) is 23.8 Å². The Kier molecular flexibility index (Phi) is 8.82. The fourth-order valence-corrected chi connectivity index (χ4v) is 4.34. The smallest absolute Gasteiger partial charge is 0.504 e. The summed E-state index contributed by atoms with van der Waals surface area (Å²) < 4.78 is 42.1. The maximum Gasteiger partial charge on any atom is 0.573 e. The Bertz CT molecular complexity index is 656. The van der Waals surface area contributed by atoms with Crippen LogP contribution < -0.4 is 4.74 Å². The van der Waals surface area contributed by atoms with Crippen LogP contribution in [0.1, 0.15) is 57.4 Å². The zero-order valence-electron chi connectivity index (χ0n) is 18.2. The average Bonchev–Trinajstić information content (AvgIpc) is 2.70. The molecule has 1 aromatic rings. The second kappa shape index (κ2) is 10.7. The van der Waals surface area contributed by atoms with E-state index in [1.54, 1.807) is 6.07 Å². The van der Waals surface area contributed by atoms with Gasteiger partial charge in [0.25, 0.3) is 0 Å². The monoisotopic (exact) mass is 432 g/mol. The summed E-state index contributed by atoms with van der Waals surface area (Å²) in [5.74, 6) is -1.52. The third kappa shape index (κ3) is 6.75. The molecule has 0 aromatic heterocycles. The Morgan fingerprint density at radius 3 is 2.23 bits per heavy atom. The van der Waals surface area contributed by atoms with Crippen molar-refractivity contribution in [1.29, 1.82) is 0 Å². The van der Waals surface area contributed by atoms with Crippen molar-refractivity contribution in [2.45, 2.75) is 63.8 Å². The highest BCUT2D eigenvalue weighted by Crippen LogP contribution is 2.43. The van der Waals surface area contributed by atoms with E-state index in [0.717, 1.165) is 45.4 Å². The molecule has 2 N–H and O–H groups in total. The van der Waals surface area contributed by atoms with Crippen molar-refractivity contribution < 1.29 is 28.1 Å². The Morgan fingerprint density at radius 2 is 1.67 bits per heavy atom. The number of aliphatic hydroxyl groups is 1. The van der Waals surface area contributed by atoms with Crippen LogP contribution in [-0.4, -0.2) is 71.7 Å². The van der Waals surface area contributed by atoms with Gasteiger partial charge >= 0.3 is 6.36 Å². The van der Waals surface area contributed by atoms with Gasteiger partial charge in [-0.25, -0.2) is 0 Å². The third-order valence-electron chi connectivity index (χ3n) is 6.02. The molecule has 2 fully saturated rings. The van der Waals surface area contributed by atoms with Crippen LogP contribution in [0, 0.1) is 0 Å². The molecule has 3 rings (SSSR count). The molecule has 1 saturated carbocycles. The van der Waals surface area contributed by atoms with Gasteiger partial charge in [0.05, 0.1) is 5.60 Å². The van der Waals surface area contributed by atoms with E-state index in [0.29, 0.717) is 24.9 Å². The van der Waals surface area contributed by atoms with Crippen molar-refractivity contribution in [3.8, 4) is 11.5 Å². The van der Waals surface area contributed by atoms with Crippen molar-refractivity contribution in [1.82, 2.24) is 9.80 Å². The summed E-state index contributed by atoms with van der Waals surface area (Å²) in [4.78, 5) is 4.49. The van der Waals surface area contributed by atoms with Gasteiger partial charge in [0, 0.05) is 38.6 Å². The summed E-state index contributed by atoms with van der Waals surface area (Å²) in [6.07, 6.45) is -0.769. The Hall–Kier alpha value is -1.51. The van der Waals surface area contributed by atoms with Gasteiger partial charge in [0.2, 0.25) is 0 Å². The van der Waals surface area contributed by atoms with E-state index in [1.807, 2.05) is 13.8 Å². The fourth-order valence-electron chi connectivity index (χ4n) is 4.34. The number of hydrogen-bond donors (Lipinski definition) is 2. The van der Waals surface area contributed by atoms with Gasteiger partial charge in [0.1, 0.15) is 0 Å². The predicted molar refractivity (Wildman–Crippen MR) is 111 cm³/mol. The van der Waals surface area contributed by atoms with Gasteiger partial charge < -0.3 is 24.7 Å². The van der Waals surface area contributed by atoms with Crippen LogP contribution in [0.4, 0.5) is 13.2 Å². The van der Waals surface area contributed by atoms with Crippen LogP contribution in [0.15, 0.2) is 18.2 Å². The van der Waals surface area contributed by atoms with Gasteiger partial charge in [-0.15, -0.1) is 13.2 Å². The quantitative estimate of drug-likeness (QED) is 0.725. The normalized spacial score (nSPS) is 21.4. The minimum Gasteiger partial charge on any atom is -0.504 e. The molecule has 0 bridgehead atoms. The molecule has 0 amide bonds. The van der Waals surface area contributed by atoms with Gasteiger partial charge in [-0.3, -0.25) is 0 Å². The number of phenols is 1. The summed E-state index contributed by atoms with van der Waals surface area (Å²) >= 11 is 0. The number of rotatable bonds is 5. The summed E-state index contributed by atoms with van der Waals surface area (Å²) in [6, 6.07) is 4.06. The third-order valence-corrected chi connectivity index (χ3v) is 6.02. The lowest BCUT2D eigenvalue weighted by molar-refractivity contribution is -0.275. The first-order chi connectivity index (χ1) is 14.2. The molecule has 2 aliphatic rings. The molecular weight excluding hydrogens is 397 g/mol. The molecule has 0 spiro atoms. The largest absolute Gasteiger partial charge is 0.573 e. The molecule has 1 saturated heterocycles. The number of piperazine rings is 1. The summed E-state index contributed by atoms with van der Waals surface area (Å²) in [7, 11) is 2.06. The fraction of sp³-hybridized carbons (Fsp3) is 0.727. The summed E-state index contributed by atoms with van der Waals surface area (Å²) in [5.41, 5.74) is -0.394. The lowest BCUT2D eigenvalue weighted by Crippen LogP contribution is -2.50. The molecule has 5 nitrogen and oxygen atoms in total. The minimum absolute atomic E-state index is 0.340. The lowest BCUT2D eigenvalue weighted by Gasteiger charge is -2.43. The second-order valence-electron chi connectivity index (χ2n) is 8.10. The number of phenolic OH excluding ortho intramolecular Hbond substituents is 1. The van der Waals surface area contributed by atoms with Crippen LogP contribution in [0.2, 0.25) is 0 Å². The van der Waals surface area contributed by atoms with Crippen LogP contribution in [0.3, 0.4) is 0 Å². The molecule has 1 atom stereocenters. The topological polar surface area (TPSA) is 56.2 Å². The molecule has 1 unspecified atom stereocenters. The maximum atomic E-state index is 12.7. The molecular formula is C22H35F3N2O3. The lowest BCUT2D eigenvalue weighted by atomic mass is 9.72. The molecule has 1 heterocycles. The molecule has 172 valence electrons. The van der Waals surface area contributed by atoms with E-state index in [-0.39, 0.29) is 5.92 Å². The average molecular weight is 433 g/mol. The zero-order chi connectivity index (χ0) is 22.4. The van der Waals surface area contributed by atoms with Crippen LogP contribution in [-0.2, 0) is 0 Å². The highest BCUT2D eigenvalue weighted by Gasteiger charge is 2.40. The number of hydrogen-bond acceptors (Lipinski definition) is 5. The molecule has 1 aliphatic heterocycles. The summed E-state index contributed by atoms with van der Waals surface area (Å²) in [6.45, 7) is 8.12. The number of halogens is 3. The first-order valence-electron chi connectivity index (χ1n) is 10.9. The number of alkyl halides is 3. The van der Waals surface area contributed by atoms with Crippen LogP contribution in [0.5, 0.6) is 11.5 Å². The maximum absolute atomic E-state index is 12.7. The molecule has 1 aromatic carbocycles. The first kappa shape index (κ1) is 24.8. The van der Waals surface area contributed by atoms with Gasteiger partial charge in [-0.1, -0.05) is 39.2 Å². The Balaban J connectivity index is 0.00000155. The molecule has 30 heavy (non-hydrogen) atoms. The van der Waals surface area contributed by atoms with Crippen LogP contribution >= 0.6 is 0 Å². The first-order valence-corrected chi connectivity index (χ1v) is 10.9. The minimum atomic E-state index is -4.88. The SMILES string of the molecule is CC.CN1CCN(CC(c2ccc(O)c(OC(F)(F)F)c2)C2(O)CCCCC2)CC1. The highest BCUT2D eigenvalue weighted by atomic mass is 19.4.